The number of nitrogens with zero attached hydrogens (tertiary/aromatic N) is 4. The highest BCUT2D eigenvalue weighted by molar-refractivity contribution is 7.17. The topological polar surface area (TPSA) is 67.1 Å². The number of morpholine rings is 1. The summed E-state index contributed by atoms with van der Waals surface area (Å²) in [6.07, 6.45) is -0.0274. The van der Waals surface area contributed by atoms with Crippen molar-refractivity contribution in [1.29, 1.82) is 0 Å². The van der Waals surface area contributed by atoms with Gasteiger partial charge in [0.2, 0.25) is 5.91 Å². The normalized spacial score (nSPS) is 23.2. The number of amides is 2. The molecule has 29 heavy (non-hydrogen) atoms. The number of hydrogen-bond donors (Lipinski definition) is 0. The van der Waals surface area contributed by atoms with Crippen molar-refractivity contribution < 1.29 is 14.3 Å². The van der Waals surface area contributed by atoms with E-state index < -0.39 is 0 Å². The van der Waals surface area contributed by atoms with Gasteiger partial charge in [-0.2, -0.15) is 5.10 Å². The molecule has 2 aliphatic heterocycles. The molecule has 156 valence electrons. The van der Waals surface area contributed by atoms with Gasteiger partial charge in [-0.3, -0.25) is 9.59 Å². The molecule has 0 bridgehead atoms. The van der Waals surface area contributed by atoms with Gasteiger partial charge < -0.3 is 14.2 Å². The first-order valence-electron chi connectivity index (χ1n) is 10.0. The number of aromatic nitrogens is 1. The van der Waals surface area contributed by atoms with Crippen molar-refractivity contribution in [3.8, 4) is 0 Å². The number of rotatable bonds is 2. The van der Waals surface area contributed by atoms with Gasteiger partial charge in [0.05, 0.1) is 34.7 Å². The van der Waals surface area contributed by atoms with E-state index in [4.69, 9.17) is 4.74 Å². The largest absolute Gasteiger partial charge is 0.372 e. The third kappa shape index (κ3) is 3.83. The average molecular weight is 417 g/mol. The molecule has 0 saturated carbocycles. The first-order chi connectivity index (χ1) is 13.6. The van der Waals surface area contributed by atoms with Crippen LogP contribution in [0.25, 0.3) is 10.2 Å². The van der Waals surface area contributed by atoms with Crippen LogP contribution in [0.3, 0.4) is 0 Å². The Labute approximate surface area is 174 Å². The molecule has 2 atom stereocenters. The van der Waals surface area contributed by atoms with Gasteiger partial charge in [-0.25, -0.2) is 5.01 Å². The second kappa shape index (κ2) is 7.25. The predicted octanol–water partition coefficient (Wildman–Crippen LogP) is 3.20. The van der Waals surface area contributed by atoms with Gasteiger partial charge in [-0.1, -0.05) is 20.8 Å². The van der Waals surface area contributed by atoms with E-state index in [9.17, 15) is 9.59 Å². The highest BCUT2D eigenvalue weighted by Crippen LogP contribution is 2.30. The fourth-order valence-electron chi connectivity index (χ4n) is 3.93. The van der Waals surface area contributed by atoms with Crippen molar-refractivity contribution in [2.24, 2.45) is 10.5 Å². The minimum Gasteiger partial charge on any atom is -0.372 e. The molecule has 2 aromatic heterocycles. The van der Waals surface area contributed by atoms with E-state index in [2.05, 4.69) is 25.9 Å². The van der Waals surface area contributed by atoms with Gasteiger partial charge in [0.15, 0.2) is 0 Å². The molecular formula is C21H28N4O3S. The number of hydrazone groups is 1. The van der Waals surface area contributed by atoms with Crippen molar-refractivity contribution in [3.63, 3.8) is 0 Å². The summed E-state index contributed by atoms with van der Waals surface area (Å²) in [7, 11) is 0. The Morgan fingerprint density at radius 2 is 1.97 bits per heavy atom. The molecule has 2 aromatic rings. The van der Waals surface area contributed by atoms with Crippen LogP contribution >= 0.6 is 11.3 Å². The molecule has 7 nitrogen and oxygen atoms in total. The second-order valence-electron chi connectivity index (χ2n) is 9.00. The maximum absolute atomic E-state index is 13.3. The molecule has 8 heteroatoms. The number of fused-ring (bicyclic) bond motifs is 3. The lowest BCUT2D eigenvalue weighted by Crippen LogP contribution is -2.51. The third-order valence-corrected chi connectivity index (χ3v) is 6.30. The Kier molecular flexibility index (Phi) is 5.02. The maximum Gasteiger partial charge on any atom is 0.291 e. The van der Waals surface area contributed by atoms with Crippen molar-refractivity contribution in [3.05, 3.63) is 23.2 Å². The van der Waals surface area contributed by atoms with Crippen LogP contribution in [0.1, 0.15) is 45.1 Å². The molecule has 4 rings (SSSR count). The molecule has 0 spiro atoms. The van der Waals surface area contributed by atoms with Crippen LogP contribution in [0.4, 0.5) is 0 Å². The van der Waals surface area contributed by atoms with Crippen LogP contribution in [0, 0.1) is 5.41 Å². The molecule has 0 aromatic carbocycles. The van der Waals surface area contributed by atoms with Crippen LogP contribution < -0.4 is 0 Å². The Morgan fingerprint density at radius 3 is 2.62 bits per heavy atom. The first kappa shape index (κ1) is 20.1. The van der Waals surface area contributed by atoms with Crippen molar-refractivity contribution in [1.82, 2.24) is 14.5 Å². The minimum absolute atomic E-state index is 0.0137. The standard InChI is InChI=1S/C21H28N4O3S/c1-13-9-23(10-14(2)28-13)19(26)12-25-20(27)16-8-17-15(6-7-29-17)24(16)11-18(22-25)21(3,4)5/h6-8,13-14H,9-12H2,1-5H3/t13-,14+. The lowest BCUT2D eigenvalue weighted by atomic mass is 9.90. The minimum atomic E-state index is -0.227. The highest BCUT2D eigenvalue weighted by Gasteiger charge is 2.33. The molecule has 2 amide bonds. The Morgan fingerprint density at radius 1 is 1.28 bits per heavy atom. The van der Waals surface area contributed by atoms with Crippen LogP contribution in [0.5, 0.6) is 0 Å². The molecule has 0 radical (unpaired) electrons. The van der Waals surface area contributed by atoms with E-state index in [-0.39, 0.29) is 36.0 Å². The predicted molar refractivity (Wildman–Crippen MR) is 114 cm³/mol. The van der Waals surface area contributed by atoms with E-state index in [0.717, 1.165) is 15.9 Å². The molecule has 0 unspecified atom stereocenters. The summed E-state index contributed by atoms with van der Waals surface area (Å²) < 4.78 is 8.83. The summed E-state index contributed by atoms with van der Waals surface area (Å²) in [6, 6.07) is 3.95. The van der Waals surface area contributed by atoms with Crippen LogP contribution in [0.2, 0.25) is 0 Å². The zero-order valence-electron chi connectivity index (χ0n) is 17.6. The Balaban J connectivity index is 1.67. The highest BCUT2D eigenvalue weighted by atomic mass is 32.1. The van der Waals surface area contributed by atoms with Gasteiger partial charge in [0, 0.05) is 18.5 Å². The zero-order chi connectivity index (χ0) is 20.9. The fourth-order valence-corrected chi connectivity index (χ4v) is 4.76. The summed E-state index contributed by atoms with van der Waals surface area (Å²) in [4.78, 5) is 28.1. The number of ether oxygens (including phenoxy) is 1. The van der Waals surface area contributed by atoms with E-state index in [1.54, 1.807) is 16.2 Å². The van der Waals surface area contributed by atoms with Gasteiger partial charge in [0.25, 0.3) is 5.91 Å². The third-order valence-electron chi connectivity index (χ3n) is 5.45. The van der Waals surface area contributed by atoms with Crippen molar-refractivity contribution in [2.45, 2.75) is 53.4 Å². The van der Waals surface area contributed by atoms with Crippen LogP contribution in [-0.2, 0) is 16.1 Å². The Bertz CT molecular complexity index is 974. The van der Waals surface area contributed by atoms with E-state index >= 15 is 0 Å². The first-order valence-corrected chi connectivity index (χ1v) is 10.9. The Hall–Kier alpha value is -2.19. The molecule has 1 saturated heterocycles. The fraction of sp³-hybridized carbons (Fsp3) is 0.571. The smallest absolute Gasteiger partial charge is 0.291 e. The zero-order valence-corrected chi connectivity index (χ0v) is 18.5. The van der Waals surface area contributed by atoms with Gasteiger partial charge in [-0.15, -0.1) is 11.3 Å². The van der Waals surface area contributed by atoms with E-state index in [1.807, 2.05) is 35.9 Å². The van der Waals surface area contributed by atoms with Gasteiger partial charge in [0.1, 0.15) is 12.2 Å². The van der Waals surface area contributed by atoms with Crippen LogP contribution in [0.15, 0.2) is 22.6 Å². The summed E-state index contributed by atoms with van der Waals surface area (Å²) in [5.74, 6) is -0.325. The van der Waals surface area contributed by atoms with Crippen LogP contribution in [-0.4, -0.2) is 63.8 Å². The molecule has 1 fully saturated rings. The number of carbonyl (C=O) groups excluding carboxylic acids is 2. The van der Waals surface area contributed by atoms with E-state index in [1.165, 1.54) is 5.01 Å². The summed E-state index contributed by atoms with van der Waals surface area (Å²) in [5, 5.41) is 8.07. The number of thiophene rings is 1. The maximum atomic E-state index is 13.3. The molecule has 0 aliphatic carbocycles. The van der Waals surface area contributed by atoms with Crippen molar-refractivity contribution in [2.75, 3.05) is 19.6 Å². The van der Waals surface area contributed by atoms with E-state index in [0.29, 0.717) is 25.3 Å². The average Bonchev–Trinajstić information content (AvgIpc) is 3.16. The molecule has 2 aliphatic rings. The van der Waals surface area contributed by atoms with Gasteiger partial charge >= 0.3 is 0 Å². The lowest BCUT2D eigenvalue weighted by molar-refractivity contribution is -0.143. The van der Waals surface area contributed by atoms with Crippen molar-refractivity contribution >= 4 is 39.1 Å². The summed E-state index contributed by atoms with van der Waals surface area (Å²) in [6.45, 7) is 11.7. The molecular weight excluding hydrogens is 388 g/mol. The number of carbonyl (C=O) groups is 2. The SMILES string of the molecule is C[C@@H]1CN(C(=O)CN2N=C(C(C)(C)C)Cn3c(cc4sccc43)C2=O)C[C@H](C)O1. The monoisotopic (exact) mass is 416 g/mol. The van der Waals surface area contributed by atoms with Gasteiger partial charge in [-0.05, 0) is 31.4 Å². The lowest BCUT2D eigenvalue weighted by Gasteiger charge is -2.36. The summed E-state index contributed by atoms with van der Waals surface area (Å²) in [5.41, 5.74) is 2.29. The number of hydrogen-bond acceptors (Lipinski definition) is 5. The quantitative estimate of drug-likeness (QED) is 0.755. The summed E-state index contributed by atoms with van der Waals surface area (Å²) >= 11 is 1.62. The molecule has 4 heterocycles. The second-order valence-corrected chi connectivity index (χ2v) is 9.95. The molecule has 0 N–H and O–H groups in total.